The number of carbonyl (C=O) groups excluding carboxylic acids is 1. The minimum absolute atomic E-state index is 0.0640. The Kier molecular flexibility index (Phi) is 3.76. The molecule has 0 saturated carbocycles. The van der Waals surface area contributed by atoms with E-state index in [-0.39, 0.29) is 18.6 Å². The summed E-state index contributed by atoms with van der Waals surface area (Å²) in [5, 5.41) is 2.81. The summed E-state index contributed by atoms with van der Waals surface area (Å²) in [6.45, 7) is 5.19. The smallest absolute Gasteiger partial charge is 0.250 e. The van der Waals surface area contributed by atoms with E-state index in [1.165, 1.54) is 5.56 Å². The lowest BCUT2D eigenvalue weighted by Gasteiger charge is -2.09. The second kappa shape index (κ2) is 5.29. The summed E-state index contributed by atoms with van der Waals surface area (Å²) in [6, 6.07) is 5.83. The number of ether oxygens (including phenoxy) is 2. The molecule has 0 saturated heterocycles. The van der Waals surface area contributed by atoms with Gasteiger partial charge in [-0.2, -0.15) is 0 Å². The highest BCUT2D eigenvalue weighted by Crippen LogP contribution is 2.23. The molecule has 1 aromatic carbocycles. The van der Waals surface area contributed by atoms with Gasteiger partial charge in [0.2, 0.25) is 5.91 Å². The average Bonchev–Trinajstić information content (AvgIpc) is 2.73. The van der Waals surface area contributed by atoms with Crippen molar-refractivity contribution in [2.75, 3.05) is 11.9 Å². The molecule has 0 bridgehead atoms. The van der Waals surface area contributed by atoms with Crippen LogP contribution in [0.5, 0.6) is 0 Å². The summed E-state index contributed by atoms with van der Waals surface area (Å²) in [5.74, 6) is -0.127. The van der Waals surface area contributed by atoms with Gasteiger partial charge in [-0.1, -0.05) is 6.07 Å². The second-order valence-corrected chi connectivity index (χ2v) is 4.38. The average molecular weight is 235 g/mol. The summed E-state index contributed by atoms with van der Waals surface area (Å²) < 4.78 is 10.5. The molecule has 1 N–H and O–H groups in total. The maximum Gasteiger partial charge on any atom is 0.250 e. The van der Waals surface area contributed by atoms with Gasteiger partial charge >= 0.3 is 0 Å². The fraction of sp³-hybridized carbons (Fsp3) is 0.462. The molecule has 0 spiro atoms. The van der Waals surface area contributed by atoms with Crippen molar-refractivity contribution in [3.05, 3.63) is 29.3 Å². The van der Waals surface area contributed by atoms with Crippen LogP contribution in [0.1, 0.15) is 25.0 Å². The molecular weight excluding hydrogens is 218 g/mol. The number of rotatable bonds is 4. The van der Waals surface area contributed by atoms with Crippen molar-refractivity contribution < 1.29 is 14.3 Å². The van der Waals surface area contributed by atoms with Crippen molar-refractivity contribution in [3.63, 3.8) is 0 Å². The first kappa shape index (κ1) is 12.1. The highest BCUT2D eigenvalue weighted by atomic mass is 16.5. The van der Waals surface area contributed by atoms with E-state index in [4.69, 9.17) is 9.47 Å². The number of fused-ring (bicyclic) bond motifs is 1. The maximum absolute atomic E-state index is 11.5. The molecule has 0 radical (unpaired) electrons. The van der Waals surface area contributed by atoms with E-state index >= 15 is 0 Å². The fourth-order valence-corrected chi connectivity index (χ4v) is 1.69. The van der Waals surface area contributed by atoms with Crippen LogP contribution in [0.3, 0.4) is 0 Å². The van der Waals surface area contributed by atoms with Crippen LogP contribution in [-0.2, 0) is 27.5 Å². The van der Waals surface area contributed by atoms with Crippen molar-refractivity contribution in [1.82, 2.24) is 0 Å². The van der Waals surface area contributed by atoms with E-state index in [1.807, 2.05) is 32.0 Å². The Morgan fingerprint density at radius 1 is 1.41 bits per heavy atom. The molecular formula is C13H17NO3. The van der Waals surface area contributed by atoms with Crippen LogP contribution < -0.4 is 5.32 Å². The van der Waals surface area contributed by atoms with Crippen LogP contribution in [0.15, 0.2) is 18.2 Å². The quantitative estimate of drug-likeness (QED) is 0.869. The van der Waals surface area contributed by atoms with E-state index in [2.05, 4.69) is 5.32 Å². The molecule has 1 aliphatic heterocycles. The summed E-state index contributed by atoms with van der Waals surface area (Å²) in [6.07, 6.45) is 0.0640. The third-order valence-corrected chi connectivity index (χ3v) is 2.55. The van der Waals surface area contributed by atoms with Gasteiger partial charge in [-0.25, -0.2) is 0 Å². The van der Waals surface area contributed by atoms with Crippen LogP contribution in [0.4, 0.5) is 5.69 Å². The number of benzene rings is 1. The predicted octanol–water partition coefficient (Wildman–Crippen LogP) is 2.08. The third-order valence-electron chi connectivity index (χ3n) is 2.55. The van der Waals surface area contributed by atoms with Crippen LogP contribution >= 0.6 is 0 Å². The maximum atomic E-state index is 11.5. The number of hydrogen-bond acceptors (Lipinski definition) is 3. The molecule has 0 atom stereocenters. The number of hydrogen-bond donors (Lipinski definition) is 1. The van der Waals surface area contributed by atoms with E-state index in [9.17, 15) is 4.79 Å². The highest BCUT2D eigenvalue weighted by molar-refractivity contribution is 5.91. The Morgan fingerprint density at radius 2 is 2.18 bits per heavy atom. The van der Waals surface area contributed by atoms with Crippen molar-refractivity contribution in [3.8, 4) is 0 Å². The monoisotopic (exact) mass is 235 g/mol. The van der Waals surface area contributed by atoms with E-state index in [0.29, 0.717) is 13.2 Å². The molecule has 1 amide bonds. The van der Waals surface area contributed by atoms with Crippen LogP contribution in [-0.4, -0.2) is 18.6 Å². The molecule has 92 valence electrons. The lowest BCUT2D eigenvalue weighted by Crippen LogP contribution is -2.20. The molecule has 0 aromatic heterocycles. The number of anilines is 1. The highest BCUT2D eigenvalue weighted by Gasteiger charge is 2.12. The zero-order chi connectivity index (χ0) is 12.3. The normalized spacial score (nSPS) is 13.8. The Hall–Kier alpha value is -1.39. The molecule has 1 aromatic rings. The second-order valence-electron chi connectivity index (χ2n) is 4.38. The summed E-state index contributed by atoms with van der Waals surface area (Å²) in [7, 11) is 0. The van der Waals surface area contributed by atoms with Gasteiger partial charge in [-0.15, -0.1) is 0 Å². The molecule has 0 aliphatic carbocycles. The number of nitrogens with one attached hydrogen (secondary N) is 1. The molecule has 17 heavy (non-hydrogen) atoms. The zero-order valence-corrected chi connectivity index (χ0v) is 10.2. The molecule has 0 fully saturated rings. The zero-order valence-electron chi connectivity index (χ0n) is 10.2. The fourth-order valence-electron chi connectivity index (χ4n) is 1.69. The van der Waals surface area contributed by atoms with Crippen molar-refractivity contribution >= 4 is 11.6 Å². The topological polar surface area (TPSA) is 47.6 Å². The SMILES string of the molecule is CC(C)OCC(=O)Nc1ccc2c(c1)COC2. The number of amides is 1. The van der Waals surface area contributed by atoms with Crippen molar-refractivity contribution in [2.45, 2.75) is 33.2 Å². The third kappa shape index (κ3) is 3.28. The van der Waals surface area contributed by atoms with E-state index in [0.717, 1.165) is 11.3 Å². The first-order chi connectivity index (χ1) is 8.15. The minimum atomic E-state index is -0.127. The molecule has 4 nitrogen and oxygen atoms in total. The van der Waals surface area contributed by atoms with Crippen LogP contribution in [0.25, 0.3) is 0 Å². The van der Waals surface area contributed by atoms with Gasteiger partial charge in [0.25, 0.3) is 0 Å². The molecule has 1 aliphatic rings. The standard InChI is InChI=1S/C13H17NO3/c1-9(2)17-8-13(15)14-12-4-3-10-6-16-7-11(10)5-12/h3-5,9H,6-8H2,1-2H3,(H,14,15). The Labute approximate surface area is 101 Å². The van der Waals surface area contributed by atoms with E-state index < -0.39 is 0 Å². The summed E-state index contributed by atoms with van der Waals surface area (Å²) >= 11 is 0. The van der Waals surface area contributed by atoms with Crippen LogP contribution in [0, 0.1) is 0 Å². The molecule has 4 heteroatoms. The largest absolute Gasteiger partial charge is 0.372 e. The Morgan fingerprint density at radius 3 is 2.94 bits per heavy atom. The van der Waals surface area contributed by atoms with Gasteiger partial charge in [0.15, 0.2) is 0 Å². The van der Waals surface area contributed by atoms with Crippen molar-refractivity contribution in [1.29, 1.82) is 0 Å². The minimum Gasteiger partial charge on any atom is -0.372 e. The summed E-state index contributed by atoms with van der Waals surface area (Å²) in [5.41, 5.74) is 3.14. The lowest BCUT2D eigenvalue weighted by atomic mass is 10.1. The van der Waals surface area contributed by atoms with Gasteiger partial charge in [0.1, 0.15) is 6.61 Å². The van der Waals surface area contributed by atoms with E-state index in [1.54, 1.807) is 0 Å². The van der Waals surface area contributed by atoms with Gasteiger partial charge in [0.05, 0.1) is 19.3 Å². The van der Waals surface area contributed by atoms with Gasteiger partial charge < -0.3 is 14.8 Å². The number of carbonyl (C=O) groups is 1. The Bertz CT molecular complexity index is 415. The predicted molar refractivity (Wildman–Crippen MR) is 64.7 cm³/mol. The van der Waals surface area contributed by atoms with Crippen molar-refractivity contribution in [2.24, 2.45) is 0 Å². The summed E-state index contributed by atoms with van der Waals surface area (Å²) in [4.78, 5) is 11.5. The lowest BCUT2D eigenvalue weighted by molar-refractivity contribution is -0.121. The molecule has 0 unspecified atom stereocenters. The molecule has 2 rings (SSSR count). The van der Waals surface area contributed by atoms with Gasteiger partial charge in [-0.3, -0.25) is 4.79 Å². The first-order valence-corrected chi connectivity index (χ1v) is 5.76. The van der Waals surface area contributed by atoms with Gasteiger partial charge in [0, 0.05) is 5.69 Å². The molecule has 1 heterocycles. The Balaban J connectivity index is 1.92. The first-order valence-electron chi connectivity index (χ1n) is 5.76. The van der Waals surface area contributed by atoms with Gasteiger partial charge in [-0.05, 0) is 37.1 Å². The van der Waals surface area contributed by atoms with Crippen LogP contribution in [0.2, 0.25) is 0 Å².